The first-order chi connectivity index (χ1) is 7.10. The summed E-state index contributed by atoms with van der Waals surface area (Å²) in [6, 6.07) is 1.68. The maximum absolute atomic E-state index is 11.4. The third-order valence-corrected chi connectivity index (χ3v) is 2.06. The lowest BCUT2D eigenvalue weighted by atomic mass is 10.0. The minimum atomic E-state index is -0.999. The fraction of sp³-hybridized carbons (Fsp3) is 0.400. The van der Waals surface area contributed by atoms with E-state index in [0.717, 1.165) is 0 Å². The molecule has 0 aliphatic heterocycles. The molecule has 0 atom stereocenters. The first-order valence-electron chi connectivity index (χ1n) is 4.37. The number of ether oxygens (including phenoxy) is 2. The van der Waals surface area contributed by atoms with Crippen LogP contribution in [0.3, 0.4) is 0 Å². The third kappa shape index (κ3) is 2.37. The van der Waals surface area contributed by atoms with Gasteiger partial charge in [0, 0.05) is 19.4 Å². The van der Waals surface area contributed by atoms with Crippen molar-refractivity contribution in [1.29, 1.82) is 0 Å². The molecule has 0 saturated heterocycles. The Bertz CT molecular complexity index is 353. The number of carbonyl (C=O) groups is 2. The Kier molecular flexibility index (Phi) is 3.49. The fourth-order valence-electron chi connectivity index (χ4n) is 1.30. The highest BCUT2D eigenvalue weighted by Crippen LogP contribution is 2.19. The number of aryl methyl sites for hydroxylation is 1. The van der Waals surface area contributed by atoms with Crippen molar-refractivity contribution in [2.24, 2.45) is 7.05 Å². The van der Waals surface area contributed by atoms with Gasteiger partial charge in [-0.05, 0) is 11.6 Å². The molecule has 0 amide bonds. The van der Waals surface area contributed by atoms with Gasteiger partial charge in [0.15, 0.2) is 5.92 Å². The number of esters is 2. The molecular weight excluding hydrogens is 198 g/mol. The average Bonchev–Trinajstić information content (AvgIpc) is 2.64. The summed E-state index contributed by atoms with van der Waals surface area (Å²) < 4.78 is 10.8. The number of methoxy groups -OCH3 is 2. The zero-order valence-corrected chi connectivity index (χ0v) is 8.89. The SMILES string of the molecule is COC(=O)C(C(=O)OC)c1ccn(C)c1. The van der Waals surface area contributed by atoms with Crippen molar-refractivity contribution in [3.05, 3.63) is 24.0 Å². The van der Waals surface area contributed by atoms with Gasteiger partial charge in [0.2, 0.25) is 0 Å². The number of nitrogens with zero attached hydrogens (tertiary/aromatic N) is 1. The summed E-state index contributed by atoms with van der Waals surface area (Å²) >= 11 is 0. The van der Waals surface area contributed by atoms with Crippen LogP contribution in [-0.4, -0.2) is 30.7 Å². The molecule has 1 heterocycles. The number of hydrogen-bond acceptors (Lipinski definition) is 4. The van der Waals surface area contributed by atoms with Crippen LogP contribution in [0.15, 0.2) is 18.5 Å². The molecule has 1 aromatic rings. The van der Waals surface area contributed by atoms with Crippen LogP contribution in [0.25, 0.3) is 0 Å². The summed E-state index contributed by atoms with van der Waals surface area (Å²) in [4.78, 5) is 22.8. The Morgan fingerprint density at radius 1 is 1.27 bits per heavy atom. The van der Waals surface area contributed by atoms with Gasteiger partial charge in [0.25, 0.3) is 0 Å². The van der Waals surface area contributed by atoms with Crippen LogP contribution in [0.1, 0.15) is 11.5 Å². The van der Waals surface area contributed by atoms with Crippen LogP contribution in [0.4, 0.5) is 0 Å². The molecule has 0 bridgehead atoms. The summed E-state index contributed by atoms with van der Waals surface area (Å²) in [7, 11) is 4.28. The largest absolute Gasteiger partial charge is 0.468 e. The Labute approximate surface area is 87.6 Å². The topological polar surface area (TPSA) is 57.5 Å². The maximum Gasteiger partial charge on any atom is 0.324 e. The first kappa shape index (κ1) is 11.3. The van der Waals surface area contributed by atoms with Crippen molar-refractivity contribution in [1.82, 2.24) is 4.57 Å². The molecule has 0 aliphatic carbocycles. The van der Waals surface area contributed by atoms with Crippen molar-refractivity contribution in [3.63, 3.8) is 0 Å². The second kappa shape index (κ2) is 4.63. The smallest absolute Gasteiger partial charge is 0.324 e. The van der Waals surface area contributed by atoms with E-state index in [1.165, 1.54) is 14.2 Å². The van der Waals surface area contributed by atoms with E-state index >= 15 is 0 Å². The first-order valence-corrected chi connectivity index (χ1v) is 4.37. The van der Waals surface area contributed by atoms with Gasteiger partial charge in [-0.3, -0.25) is 9.59 Å². The van der Waals surface area contributed by atoms with E-state index in [4.69, 9.17) is 0 Å². The lowest BCUT2D eigenvalue weighted by Gasteiger charge is -2.10. The molecule has 0 saturated carbocycles. The van der Waals surface area contributed by atoms with E-state index in [1.807, 2.05) is 0 Å². The summed E-state index contributed by atoms with van der Waals surface area (Å²) in [5.41, 5.74) is 0.566. The van der Waals surface area contributed by atoms with Crippen LogP contribution in [0.2, 0.25) is 0 Å². The van der Waals surface area contributed by atoms with E-state index in [-0.39, 0.29) is 0 Å². The van der Waals surface area contributed by atoms with Crippen molar-refractivity contribution < 1.29 is 19.1 Å². The number of rotatable bonds is 3. The maximum atomic E-state index is 11.4. The zero-order chi connectivity index (χ0) is 11.4. The van der Waals surface area contributed by atoms with Gasteiger partial charge in [0.05, 0.1) is 14.2 Å². The summed E-state index contributed by atoms with van der Waals surface area (Å²) in [6.07, 6.45) is 3.42. The van der Waals surface area contributed by atoms with E-state index < -0.39 is 17.9 Å². The predicted octanol–water partition coefficient (Wildman–Crippen LogP) is 0.455. The minimum Gasteiger partial charge on any atom is -0.468 e. The van der Waals surface area contributed by atoms with E-state index in [0.29, 0.717) is 5.56 Å². The number of carbonyl (C=O) groups excluding carboxylic acids is 2. The highest BCUT2D eigenvalue weighted by atomic mass is 16.5. The lowest BCUT2D eigenvalue weighted by Crippen LogP contribution is -2.24. The van der Waals surface area contributed by atoms with Crippen molar-refractivity contribution in [3.8, 4) is 0 Å². The fourth-order valence-corrected chi connectivity index (χ4v) is 1.30. The van der Waals surface area contributed by atoms with Gasteiger partial charge in [-0.25, -0.2) is 0 Å². The van der Waals surface area contributed by atoms with Gasteiger partial charge in [-0.1, -0.05) is 0 Å². The zero-order valence-electron chi connectivity index (χ0n) is 8.89. The second-order valence-electron chi connectivity index (χ2n) is 3.09. The van der Waals surface area contributed by atoms with Crippen LogP contribution in [0, 0.1) is 0 Å². The van der Waals surface area contributed by atoms with Gasteiger partial charge >= 0.3 is 11.9 Å². The van der Waals surface area contributed by atoms with Crippen LogP contribution < -0.4 is 0 Å². The van der Waals surface area contributed by atoms with E-state index in [2.05, 4.69) is 9.47 Å². The Balaban J connectivity index is 3.01. The molecule has 0 spiro atoms. The molecule has 82 valence electrons. The molecule has 5 nitrogen and oxygen atoms in total. The molecule has 0 fully saturated rings. The normalized spacial score (nSPS) is 10.1. The second-order valence-corrected chi connectivity index (χ2v) is 3.09. The van der Waals surface area contributed by atoms with Gasteiger partial charge < -0.3 is 14.0 Å². The molecule has 1 rings (SSSR count). The minimum absolute atomic E-state index is 0.566. The molecule has 0 radical (unpaired) electrons. The molecule has 5 heteroatoms. The highest BCUT2D eigenvalue weighted by Gasteiger charge is 2.30. The Morgan fingerprint density at radius 2 is 1.80 bits per heavy atom. The van der Waals surface area contributed by atoms with E-state index in [9.17, 15) is 9.59 Å². The van der Waals surface area contributed by atoms with Gasteiger partial charge in [-0.15, -0.1) is 0 Å². The Morgan fingerprint density at radius 3 is 2.13 bits per heavy atom. The summed E-state index contributed by atoms with van der Waals surface area (Å²) in [5.74, 6) is -2.23. The average molecular weight is 211 g/mol. The number of aromatic nitrogens is 1. The van der Waals surface area contributed by atoms with E-state index in [1.54, 1.807) is 30.1 Å². The number of hydrogen-bond donors (Lipinski definition) is 0. The van der Waals surface area contributed by atoms with Crippen molar-refractivity contribution in [2.45, 2.75) is 5.92 Å². The van der Waals surface area contributed by atoms with Crippen LogP contribution in [0.5, 0.6) is 0 Å². The molecule has 0 aliphatic rings. The van der Waals surface area contributed by atoms with Gasteiger partial charge in [-0.2, -0.15) is 0 Å². The quantitative estimate of drug-likeness (QED) is 0.538. The van der Waals surface area contributed by atoms with Crippen LogP contribution >= 0.6 is 0 Å². The predicted molar refractivity (Wildman–Crippen MR) is 52.2 cm³/mol. The Hall–Kier alpha value is -1.78. The molecule has 0 unspecified atom stereocenters. The molecular formula is C10H13NO4. The summed E-state index contributed by atoms with van der Waals surface area (Å²) in [5, 5.41) is 0. The molecule has 0 aromatic carbocycles. The standard InChI is InChI=1S/C10H13NO4/c1-11-5-4-7(6-11)8(9(12)14-2)10(13)15-3/h4-6,8H,1-3H3. The van der Waals surface area contributed by atoms with Crippen LogP contribution in [-0.2, 0) is 26.1 Å². The lowest BCUT2D eigenvalue weighted by molar-refractivity contribution is -0.154. The van der Waals surface area contributed by atoms with Gasteiger partial charge in [0.1, 0.15) is 0 Å². The third-order valence-electron chi connectivity index (χ3n) is 2.06. The summed E-state index contributed by atoms with van der Waals surface area (Å²) in [6.45, 7) is 0. The van der Waals surface area contributed by atoms with Crippen molar-refractivity contribution >= 4 is 11.9 Å². The molecule has 1 aromatic heterocycles. The molecule has 0 N–H and O–H groups in total. The molecule has 15 heavy (non-hydrogen) atoms. The monoisotopic (exact) mass is 211 g/mol. The highest BCUT2D eigenvalue weighted by molar-refractivity contribution is 6.00. The van der Waals surface area contributed by atoms with Crippen molar-refractivity contribution in [2.75, 3.05) is 14.2 Å².